The van der Waals surface area contributed by atoms with Crippen LogP contribution in [-0.4, -0.2) is 31.6 Å². The number of hydrogen-bond acceptors (Lipinski definition) is 3. The van der Waals surface area contributed by atoms with E-state index in [1.165, 1.54) is 11.1 Å². The summed E-state index contributed by atoms with van der Waals surface area (Å²) in [4.78, 5) is 2.33. The van der Waals surface area contributed by atoms with Gasteiger partial charge in [0.15, 0.2) is 0 Å². The molecule has 0 aliphatic rings. The lowest BCUT2D eigenvalue weighted by Crippen LogP contribution is -2.26. The van der Waals surface area contributed by atoms with Gasteiger partial charge in [-0.3, -0.25) is 4.90 Å². The molecule has 1 aromatic carbocycles. The van der Waals surface area contributed by atoms with E-state index in [9.17, 15) is 0 Å². The highest BCUT2D eigenvalue weighted by molar-refractivity contribution is 5.38. The molecule has 3 heteroatoms. The van der Waals surface area contributed by atoms with E-state index in [1.807, 2.05) is 0 Å². The van der Waals surface area contributed by atoms with Crippen LogP contribution in [0.1, 0.15) is 51.3 Å². The van der Waals surface area contributed by atoms with Crippen LogP contribution >= 0.6 is 0 Å². The summed E-state index contributed by atoms with van der Waals surface area (Å²) in [7, 11) is 3.89. The molecule has 1 atom stereocenters. The normalized spacial score (nSPS) is 13.0. The van der Waals surface area contributed by atoms with Crippen LogP contribution in [0.4, 0.5) is 0 Å². The second-order valence-electron chi connectivity index (χ2n) is 5.76. The Morgan fingerprint density at radius 3 is 2.50 bits per heavy atom. The molecule has 0 aromatic heterocycles. The van der Waals surface area contributed by atoms with Gasteiger partial charge in [0, 0.05) is 24.2 Å². The molecule has 114 valence electrons. The average molecular weight is 278 g/mol. The van der Waals surface area contributed by atoms with Crippen molar-refractivity contribution < 1.29 is 4.74 Å². The molecule has 1 N–H and O–H groups in total. The molecule has 3 nitrogen and oxygen atoms in total. The zero-order valence-electron chi connectivity index (χ0n) is 13.9. The van der Waals surface area contributed by atoms with Crippen molar-refractivity contribution in [2.45, 2.75) is 52.7 Å². The summed E-state index contributed by atoms with van der Waals surface area (Å²) in [5.41, 5.74) is 2.58. The Bertz CT molecular complexity index is 404. The molecule has 0 aliphatic heterocycles. The zero-order valence-corrected chi connectivity index (χ0v) is 13.9. The zero-order chi connectivity index (χ0) is 15.1. The topological polar surface area (TPSA) is 24.5 Å². The monoisotopic (exact) mass is 278 g/mol. The van der Waals surface area contributed by atoms with Crippen molar-refractivity contribution in [1.29, 1.82) is 0 Å². The van der Waals surface area contributed by atoms with Gasteiger partial charge in [-0.1, -0.05) is 13.0 Å². The van der Waals surface area contributed by atoms with Gasteiger partial charge in [0.25, 0.3) is 0 Å². The van der Waals surface area contributed by atoms with Crippen LogP contribution < -0.4 is 10.1 Å². The van der Waals surface area contributed by atoms with E-state index in [-0.39, 0.29) is 0 Å². The van der Waals surface area contributed by atoms with Crippen molar-refractivity contribution in [1.82, 2.24) is 10.2 Å². The fourth-order valence-corrected chi connectivity index (χ4v) is 2.12. The first kappa shape index (κ1) is 17.0. The summed E-state index contributed by atoms with van der Waals surface area (Å²) in [5, 5.41) is 3.53. The molecule has 0 bridgehead atoms. The molecule has 0 radical (unpaired) electrons. The highest BCUT2D eigenvalue weighted by Crippen LogP contribution is 2.25. The second-order valence-corrected chi connectivity index (χ2v) is 5.76. The lowest BCUT2D eigenvalue weighted by molar-refractivity contribution is 0.261. The van der Waals surface area contributed by atoms with E-state index in [1.54, 1.807) is 7.11 Å². The number of nitrogens with zero attached hydrogens (tertiary/aromatic N) is 1. The highest BCUT2D eigenvalue weighted by atomic mass is 16.5. The first-order valence-corrected chi connectivity index (χ1v) is 7.60. The van der Waals surface area contributed by atoms with Gasteiger partial charge in [-0.05, 0) is 58.5 Å². The minimum atomic E-state index is 0.379. The van der Waals surface area contributed by atoms with Crippen LogP contribution in [0.15, 0.2) is 18.2 Å². The van der Waals surface area contributed by atoms with Gasteiger partial charge in [-0.25, -0.2) is 0 Å². The maximum Gasteiger partial charge on any atom is 0.123 e. The van der Waals surface area contributed by atoms with E-state index in [0.29, 0.717) is 12.1 Å². The molecule has 0 saturated carbocycles. The maximum absolute atomic E-state index is 5.49. The molecule has 0 spiro atoms. The molecule has 1 unspecified atom stereocenters. The van der Waals surface area contributed by atoms with Crippen LogP contribution in [0.2, 0.25) is 0 Å². The van der Waals surface area contributed by atoms with Crippen molar-refractivity contribution in [2.24, 2.45) is 0 Å². The van der Waals surface area contributed by atoms with E-state index >= 15 is 0 Å². The Balaban J connectivity index is 2.90. The first-order chi connectivity index (χ1) is 9.49. The largest absolute Gasteiger partial charge is 0.496 e. The van der Waals surface area contributed by atoms with Crippen LogP contribution in [0.25, 0.3) is 0 Å². The summed E-state index contributed by atoms with van der Waals surface area (Å²) in [6.07, 6.45) is 1.16. The fraction of sp³-hybridized carbons (Fsp3) is 0.647. The van der Waals surface area contributed by atoms with Gasteiger partial charge in [0.2, 0.25) is 0 Å². The molecule has 0 heterocycles. The summed E-state index contributed by atoms with van der Waals surface area (Å²) >= 11 is 0. The van der Waals surface area contributed by atoms with Crippen molar-refractivity contribution in [3.8, 4) is 5.75 Å². The lowest BCUT2D eigenvalue weighted by Gasteiger charge is -2.23. The number of nitrogens with one attached hydrogen (secondary N) is 1. The third-order valence-corrected chi connectivity index (χ3v) is 3.81. The summed E-state index contributed by atoms with van der Waals surface area (Å²) in [5.74, 6) is 0.976. The minimum absolute atomic E-state index is 0.379. The standard InChI is InChI=1S/C17H30N2O/c1-7-10-18-14(4)15-8-9-17(20-6)16(11-15)12-19(5)13(2)3/h8-9,11,13-14,18H,7,10,12H2,1-6H3. The summed E-state index contributed by atoms with van der Waals surface area (Å²) < 4.78 is 5.49. The van der Waals surface area contributed by atoms with Crippen LogP contribution in [0.3, 0.4) is 0 Å². The van der Waals surface area contributed by atoms with E-state index in [0.717, 1.165) is 25.3 Å². The molecular formula is C17H30N2O. The molecule has 0 fully saturated rings. The van der Waals surface area contributed by atoms with Gasteiger partial charge in [-0.15, -0.1) is 0 Å². The molecule has 0 saturated heterocycles. The van der Waals surface area contributed by atoms with Crippen molar-refractivity contribution in [3.05, 3.63) is 29.3 Å². The van der Waals surface area contributed by atoms with Gasteiger partial charge >= 0.3 is 0 Å². The predicted molar refractivity (Wildman–Crippen MR) is 86.3 cm³/mol. The first-order valence-electron chi connectivity index (χ1n) is 7.60. The van der Waals surface area contributed by atoms with Crippen molar-refractivity contribution in [2.75, 3.05) is 20.7 Å². The summed E-state index contributed by atoms with van der Waals surface area (Å²) in [6, 6.07) is 7.42. The molecular weight excluding hydrogens is 248 g/mol. The molecule has 20 heavy (non-hydrogen) atoms. The number of benzene rings is 1. The van der Waals surface area contributed by atoms with E-state index in [4.69, 9.17) is 4.74 Å². The highest BCUT2D eigenvalue weighted by Gasteiger charge is 2.12. The van der Waals surface area contributed by atoms with E-state index in [2.05, 4.69) is 63.2 Å². The smallest absolute Gasteiger partial charge is 0.123 e. The van der Waals surface area contributed by atoms with Crippen LogP contribution in [0.5, 0.6) is 5.75 Å². The summed E-state index contributed by atoms with van der Waals surface area (Å²) in [6.45, 7) is 10.8. The average Bonchev–Trinajstić information content (AvgIpc) is 2.44. The van der Waals surface area contributed by atoms with E-state index < -0.39 is 0 Å². The van der Waals surface area contributed by atoms with Crippen molar-refractivity contribution >= 4 is 0 Å². The Hall–Kier alpha value is -1.06. The third kappa shape index (κ3) is 4.80. The number of rotatable bonds is 8. The minimum Gasteiger partial charge on any atom is -0.496 e. The van der Waals surface area contributed by atoms with Crippen LogP contribution in [0, 0.1) is 0 Å². The predicted octanol–water partition coefficient (Wildman–Crippen LogP) is 3.60. The van der Waals surface area contributed by atoms with Gasteiger partial charge in [0.05, 0.1) is 7.11 Å². The number of hydrogen-bond donors (Lipinski definition) is 1. The van der Waals surface area contributed by atoms with Gasteiger partial charge in [-0.2, -0.15) is 0 Å². The Morgan fingerprint density at radius 1 is 1.25 bits per heavy atom. The molecule has 1 rings (SSSR count). The number of ether oxygens (including phenoxy) is 1. The van der Waals surface area contributed by atoms with Crippen LogP contribution in [-0.2, 0) is 6.54 Å². The molecule has 1 aromatic rings. The van der Waals surface area contributed by atoms with Gasteiger partial charge < -0.3 is 10.1 Å². The molecule has 0 amide bonds. The SMILES string of the molecule is CCCNC(C)c1ccc(OC)c(CN(C)C(C)C)c1. The number of methoxy groups -OCH3 is 1. The van der Waals surface area contributed by atoms with Gasteiger partial charge in [0.1, 0.15) is 5.75 Å². The van der Waals surface area contributed by atoms with Crippen molar-refractivity contribution in [3.63, 3.8) is 0 Å². The second kappa shape index (κ2) is 8.28. The fourth-order valence-electron chi connectivity index (χ4n) is 2.12. The Kier molecular flexibility index (Phi) is 7.03. The quantitative estimate of drug-likeness (QED) is 0.786. The maximum atomic E-state index is 5.49. The Labute approximate surface area is 124 Å². The molecule has 0 aliphatic carbocycles. The lowest BCUT2D eigenvalue weighted by atomic mass is 10.0. The third-order valence-electron chi connectivity index (χ3n) is 3.81. The Morgan fingerprint density at radius 2 is 1.95 bits per heavy atom.